The van der Waals surface area contributed by atoms with Gasteiger partial charge in [-0.2, -0.15) is 0 Å². The first kappa shape index (κ1) is 22.7. The molecule has 0 aliphatic carbocycles. The number of nitrogens with zero attached hydrogens (tertiary/aromatic N) is 2. The summed E-state index contributed by atoms with van der Waals surface area (Å²) in [4.78, 5) is 33.4. The summed E-state index contributed by atoms with van der Waals surface area (Å²) >= 11 is 2.21. The number of rotatable bonds is 6. The first-order chi connectivity index (χ1) is 15.5. The van der Waals surface area contributed by atoms with Crippen molar-refractivity contribution in [2.75, 3.05) is 18.4 Å². The molecule has 0 spiro atoms. The van der Waals surface area contributed by atoms with Crippen LogP contribution in [-0.2, 0) is 22.5 Å². The number of carbonyl (C=O) groups excluding carboxylic acids is 2. The van der Waals surface area contributed by atoms with Gasteiger partial charge in [0.15, 0.2) is 6.10 Å². The van der Waals surface area contributed by atoms with Crippen molar-refractivity contribution in [1.29, 1.82) is 0 Å². The molecule has 7 heteroatoms. The third-order valence-corrected chi connectivity index (χ3v) is 6.52. The molecule has 166 valence electrons. The molecule has 0 saturated carbocycles. The number of benzene rings is 2. The summed E-state index contributed by atoms with van der Waals surface area (Å²) in [5.74, 6) is -0.799. The Kier molecular flexibility index (Phi) is 7.05. The largest absolute Gasteiger partial charge is 0.449 e. The van der Waals surface area contributed by atoms with Gasteiger partial charge in [-0.05, 0) is 65.9 Å². The summed E-state index contributed by atoms with van der Waals surface area (Å²) in [5.41, 5.74) is 3.84. The van der Waals surface area contributed by atoms with Crippen molar-refractivity contribution in [2.45, 2.75) is 39.3 Å². The zero-order chi connectivity index (χ0) is 22.7. The van der Waals surface area contributed by atoms with Gasteiger partial charge in [-0.15, -0.1) is 0 Å². The minimum Gasteiger partial charge on any atom is -0.449 e. The smallest absolute Gasteiger partial charge is 0.340 e. The summed E-state index contributed by atoms with van der Waals surface area (Å²) in [6.45, 7) is 6.42. The van der Waals surface area contributed by atoms with Crippen LogP contribution in [0.15, 0.2) is 48.5 Å². The molecule has 1 aromatic heterocycles. The van der Waals surface area contributed by atoms with E-state index < -0.39 is 12.1 Å². The van der Waals surface area contributed by atoms with Crippen LogP contribution in [0.1, 0.15) is 41.9 Å². The second-order valence-corrected chi connectivity index (χ2v) is 9.09. The Balaban J connectivity index is 1.63. The van der Waals surface area contributed by atoms with E-state index in [2.05, 4.69) is 39.7 Å². The molecule has 0 bridgehead atoms. The topological polar surface area (TPSA) is 71.5 Å². The Hall–Kier alpha value is -2.52. The van der Waals surface area contributed by atoms with Crippen molar-refractivity contribution in [1.82, 2.24) is 9.88 Å². The molecule has 0 fully saturated rings. The Bertz CT molecular complexity index is 1150. The summed E-state index contributed by atoms with van der Waals surface area (Å²) in [6.07, 6.45) is 0.294. The van der Waals surface area contributed by atoms with E-state index in [1.54, 1.807) is 0 Å². The van der Waals surface area contributed by atoms with E-state index in [1.165, 1.54) is 0 Å². The summed E-state index contributed by atoms with van der Waals surface area (Å²) in [5, 5.41) is 3.62. The zero-order valence-corrected chi connectivity index (χ0v) is 20.4. The maximum absolute atomic E-state index is 13.4. The third kappa shape index (κ3) is 4.78. The highest BCUT2D eigenvalue weighted by Gasteiger charge is 2.29. The molecular weight excluding hydrogens is 517 g/mol. The van der Waals surface area contributed by atoms with E-state index in [0.29, 0.717) is 24.2 Å². The lowest BCUT2D eigenvalue weighted by molar-refractivity contribution is -0.124. The van der Waals surface area contributed by atoms with Crippen molar-refractivity contribution in [3.05, 3.63) is 68.9 Å². The van der Waals surface area contributed by atoms with Gasteiger partial charge in [-0.25, -0.2) is 4.79 Å². The molecule has 1 aliphatic heterocycles. The van der Waals surface area contributed by atoms with Gasteiger partial charge in [0, 0.05) is 45.4 Å². The van der Waals surface area contributed by atoms with Gasteiger partial charge in [0.2, 0.25) is 0 Å². The molecule has 2 heterocycles. The van der Waals surface area contributed by atoms with Gasteiger partial charge in [0.05, 0.1) is 11.1 Å². The predicted molar refractivity (Wildman–Crippen MR) is 134 cm³/mol. The van der Waals surface area contributed by atoms with E-state index >= 15 is 0 Å². The fourth-order valence-electron chi connectivity index (χ4n) is 4.02. The standard InChI is InChI=1S/C25H26IN3O3/c1-3-22(24(30)27-17-11-9-16(26)10-12-17)32-25(31)23-18-7-5-6-8-20(18)28-21-13-14-29(4-2)15-19(21)23/h5-12,22H,3-4,13-15H2,1-2H3,(H,27,30). The molecule has 1 atom stereocenters. The average Bonchev–Trinajstić information content (AvgIpc) is 2.81. The highest BCUT2D eigenvalue weighted by molar-refractivity contribution is 14.1. The number of amides is 1. The molecule has 4 rings (SSSR count). The first-order valence-electron chi connectivity index (χ1n) is 10.9. The Morgan fingerprint density at radius 3 is 2.62 bits per heavy atom. The lowest BCUT2D eigenvalue weighted by atomic mass is 9.95. The van der Waals surface area contributed by atoms with Gasteiger partial charge in [-0.3, -0.25) is 14.7 Å². The molecule has 0 radical (unpaired) electrons. The van der Waals surface area contributed by atoms with Crippen molar-refractivity contribution in [3.63, 3.8) is 0 Å². The van der Waals surface area contributed by atoms with Crippen molar-refractivity contribution in [2.24, 2.45) is 0 Å². The van der Waals surface area contributed by atoms with Crippen LogP contribution in [0, 0.1) is 3.57 Å². The third-order valence-electron chi connectivity index (χ3n) is 5.80. The Labute approximate surface area is 201 Å². The molecule has 3 aromatic rings. The SMILES string of the molecule is CCC(OC(=O)c1c2c(nc3ccccc13)CCN(CC)C2)C(=O)Nc1ccc(I)cc1. The number of pyridine rings is 1. The number of esters is 1. The van der Waals surface area contributed by atoms with Gasteiger partial charge < -0.3 is 10.1 Å². The number of aromatic nitrogens is 1. The molecule has 1 aliphatic rings. The molecule has 32 heavy (non-hydrogen) atoms. The van der Waals surface area contributed by atoms with E-state index in [1.807, 2.05) is 55.5 Å². The molecule has 1 N–H and O–H groups in total. The van der Waals surface area contributed by atoms with Gasteiger partial charge in [0.25, 0.3) is 5.91 Å². The van der Waals surface area contributed by atoms with Crippen LogP contribution >= 0.6 is 22.6 Å². The number of hydrogen-bond donors (Lipinski definition) is 1. The monoisotopic (exact) mass is 543 g/mol. The minimum absolute atomic E-state index is 0.329. The number of para-hydroxylation sites is 1. The van der Waals surface area contributed by atoms with Crippen molar-refractivity contribution < 1.29 is 14.3 Å². The Morgan fingerprint density at radius 2 is 1.91 bits per heavy atom. The summed E-state index contributed by atoms with van der Waals surface area (Å²) in [7, 11) is 0. The second kappa shape index (κ2) is 9.95. The van der Waals surface area contributed by atoms with Gasteiger partial charge in [-0.1, -0.05) is 32.0 Å². The lowest BCUT2D eigenvalue weighted by Gasteiger charge is -2.29. The Morgan fingerprint density at radius 1 is 1.16 bits per heavy atom. The molecule has 0 saturated heterocycles. The van der Waals surface area contributed by atoms with Crippen molar-refractivity contribution >= 4 is 51.1 Å². The van der Waals surface area contributed by atoms with Crippen LogP contribution in [0.3, 0.4) is 0 Å². The highest BCUT2D eigenvalue weighted by Crippen LogP contribution is 2.29. The van der Waals surface area contributed by atoms with E-state index in [-0.39, 0.29) is 5.91 Å². The fraction of sp³-hybridized carbons (Fsp3) is 0.320. The van der Waals surface area contributed by atoms with E-state index in [9.17, 15) is 9.59 Å². The number of nitrogens with one attached hydrogen (secondary N) is 1. The number of likely N-dealkylation sites (N-methyl/N-ethyl adjacent to an activating group) is 1. The maximum Gasteiger partial charge on any atom is 0.340 e. The summed E-state index contributed by atoms with van der Waals surface area (Å²) in [6, 6.07) is 15.1. The second-order valence-electron chi connectivity index (χ2n) is 7.85. The minimum atomic E-state index is -0.879. The number of halogens is 1. The van der Waals surface area contributed by atoms with Crippen LogP contribution in [-0.4, -0.2) is 41.0 Å². The van der Waals surface area contributed by atoms with Crippen LogP contribution in [0.25, 0.3) is 10.9 Å². The van der Waals surface area contributed by atoms with Gasteiger partial charge >= 0.3 is 5.97 Å². The number of anilines is 1. The number of fused-ring (bicyclic) bond motifs is 2. The van der Waals surface area contributed by atoms with Crippen LogP contribution < -0.4 is 5.32 Å². The van der Waals surface area contributed by atoms with Crippen LogP contribution in [0.5, 0.6) is 0 Å². The van der Waals surface area contributed by atoms with Crippen molar-refractivity contribution in [3.8, 4) is 0 Å². The lowest BCUT2D eigenvalue weighted by Crippen LogP contribution is -2.35. The maximum atomic E-state index is 13.4. The van der Waals surface area contributed by atoms with E-state index in [0.717, 1.165) is 45.2 Å². The van der Waals surface area contributed by atoms with Gasteiger partial charge in [0.1, 0.15) is 0 Å². The molecular formula is C25H26IN3O3. The number of carbonyl (C=O) groups is 2. The first-order valence-corrected chi connectivity index (χ1v) is 12.0. The normalized spacial score (nSPS) is 14.6. The molecule has 6 nitrogen and oxygen atoms in total. The van der Waals surface area contributed by atoms with Crippen LogP contribution in [0.2, 0.25) is 0 Å². The fourth-order valence-corrected chi connectivity index (χ4v) is 4.38. The highest BCUT2D eigenvalue weighted by atomic mass is 127. The molecule has 1 unspecified atom stereocenters. The summed E-state index contributed by atoms with van der Waals surface area (Å²) < 4.78 is 6.87. The number of ether oxygens (including phenoxy) is 1. The molecule has 2 aromatic carbocycles. The van der Waals surface area contributed by atoms with E-state index in [4.69, 9.17) is 9.72 Å². The number of hydrogen-bond acceptors (Lipinski definition) is 5. The zero-order valence-electron chi connectivity index (χ0n) is 18.2. The molecule has 1 amide bonds. The predicted octanol–water partition coefficient (Wildman–Crippen LogP) is 4.79. The average molecular weight is 543 g/mol. The quantitative estimate of drug-likeness (QED) is 0.358. The van der Waals surface area contributed by atoms with Crippen LogP contribution in [0.4, 0.5) is 5.69 Å².